The van der Waals surface area contributed by atoms with Crippen LogP contribution < -0.4 is 5.32 Å². The zero-order valence-electron chi connectivity index (χ0n) is 6.14. The summed E-state index contributed by atoms with van der Waals surface area (Å²) < 4.78 is 20.9. The quantitative estimate of drug-likeness (QED) is 0.440. The fourth-order valence-corrected chi connectivity index (χ4v) is 0.314. The van der Waals surface area contributed by atoms with E-state index in [0.717, 1.165) is 0 Å². The number of nitrogens with one attached hydrogen (secondary N) is 1. The van der Waals surface area contributed by atoms with Gasteiger partial charge in [-0.25, -0.2) is 0 Å². The van der Waals surface area contributed by atoms with Crippen LogP contribution in [0.25, 0.3) is 0 Å². The van der Waals surface area contributed by atoms with E-state index in [2.05, 4.69) is 5.32 Å². The van der Waals surface area contributed by atoms with Crippen LogP contribution in [0, 0.1) is 0 Å². The summed E-state index contributed by atoms with van der Waals surface area (Å²) in [5.74, 6) is -0.505. The molecule has 1 amide bonds. The molecule has 1 N–H and O–H groups in total. The van der Waals surface area contributed by atoms with Crippen molar-refractivity contribution in [1.29, 1.82) is 0 Å². The maximum Gasteiger partial charge on any atom is 0.220 e. The molecule has 1 aliphatic rings. The van der Waals surface area contributed by atoms with Crippen molar-refractivity contribution >= 4 is 5.91 Å². The highest BCUT2D eigenvalue weighted by Gasteiger charge is 2.05. The number of carbonyl (C=O) groups excluding carboxylic acids is 1. The maximum absolute atomic E-state index is 10.5. The largest absolute Gasteiger partial charge is 0.356 e. The van der Waals surface area contributed by atoms with Crippen LogP contribution in [0.2, 0.25) is 0 Å². The highest BCUT2D eigenvalue weighted by molar-refractivity contribution is 5.77. The van der Waals surface area contributed by atoms with Crippen molar-refractivity contribution in [2.24, 2.45) is 0 Å². The molecule has 3 atom stereocenters. The van der Waals surface area contributed by atoms with Crippen LogP contribution >= 0.6 is 0 Å². The Morgan fingerprint density at radius 3 is 3.00 bits per heavy atom. The van der Waals surface area contributed by atoms with Crippen LogP contribution in [0.15, 0.2) is 0 Å². The Bertz CT molecular complexity index is 140. The summed E-state index contributed by atoms with van der Waals surface area (Å²) in [6.45, 7) is -0.903. The monoisotopic (exact) mass is 88.1 g/mol. The zero-order valence-corrected chi connectivity index (χ0v) is 3.14. The molecule has 0 aromatic rings. The zero-order chi connectivity index (χ0) is 7.02. The highest BCUT2D eigenvalue weighted by atomic mass is 16.1. The van der Waals surface area contributed by atoms with Gasteiger partial charge < -0.3 is 5.32 Å². The minimum absolute atomic E-state index is 0.505. The van der Waals surface area contributed by atoms with Gasteiger partial charge in [0.2, 0.25) is 5.91 Å². The molecular formula is C4H7NO. The van der Waals surface area contributed by atoms with Crippen molar-refractivity contribution in [2.45, 2.75) is 12.8 Å². The third kappa shape index (κ3) is 0.506. The van der Waals surface area contributed by atoms with Gasteiger partial charge in [0.1, 0.15) is 0 Å². The van der Waals surface area contributed by atoms with E-state index >= 15 is 0 Å². The summed E-state index contributed by atoms with van der Waals surface area (Å²) in [5, 5.41) is 2.17. The summed E-state index contributed by atoms with van der Waals surface area (Å²) >= 11 is 0. The third-order valence-electron chi connectivity index (χ3n) is 0.569. The molecule has 1 aliphatic heterocycles. The van der Waals surface area contributed by atoms with E-state index in [1.807, 2.05) is 0 Å². The Morgan fingerprint density at radius 2 is 2.83 bits per heavy atom. The molecule has 0 saturated carbocycles. The minimum atomic E-state index is -1.06. The van der Waals surface area contributed by atoms with Gasteiger partial charge in [-0.1, -0.05) is 0 Å². The fraction of sp³-hybridized carbons (Fsp3) is 0.750. The third-order valence-corrected chi connectivity index (χ3v) is 0.569. The van der Waals surface area contributed by atoms with Gasteiger partial charge in [0.15, 0.2) is 0 Å². The van der Waals surface area contributed by atoms with Crippen molar-refractivity contribution in [3.63, 3.8) is 0 Å². The van der Waals surface area contributed by atoms with Crippen LogP contribution in [-0.2, 0) is 4.79 Å². The van der Waals surface area contributed by atoms with E-state index in [0.29, 0.717) is 0 Å². The Labute approximate surface area is 40.8 Å². The smallest absolute Gasteiger partial charge is 0.220 e. The van der Waals surface area contributed by atoms with E-state index in [4.69, 9.17) is 4.11 Å². The molecule has 0 aliphatic carbocycles. The Balaban J connectivity index is 2.65. The molecule has 0 aromatic carbocycles. The molecule has 34 valence electrons. The fourth-order valence-electron chi connectivity index (χ4n) is 0.314. The van der Waals surface area contributed by atoms with Gasteiger partial charge in [-0.05, 0) is 6.40 Å². The van der Waals surface area contributed by atoms with Gasteiger partial charge in [0, 0.05) is 17.0 Å². The van der Waals surface area contributed by atoms with Crippen LogP contribution in [0.3, 0.4) is 0 Å². The van der Waals surface area contributed by atoms with Crippen LogP contribution in [-0.4, -0.2) is 12.4 Å². The standard InChI is InChI=1S/C4H7NO/c6-4-2-1-3-5-4/h1-3H2,(H,5,6)/i1D,2D,3D. The number of rotatable bonds is 0. The molecule has 1 rings (SSSR count). The molecule has 1 saturated heterocycles. The van der Waals surface area contributed by atoms with Crippen molar-refractivity contribution in [2.75, 3.05) is 6.52 Å². The summed E-state index contributed by atoms with van der Waals surface area (Å²) in [7, 11) is 0. The summed E-state index contributed by atoms with van der Waals surface area (Å²) in [6.07, 6.45) is -1.98. The second-order valence-electron chi connectivity index (χ2n) is 1.03. The molecule has 0 radical (unpaired) electrons. The second kappa shape index (κ2) is 1.29. The second-order valence-corrected chi connectivity index (χ2v) is 1.03. The molecular weight excluding hydrogens is 78.0 g/mol. The van der Waals surface area contributed by atoms with Crippen molar-refractivity contribution in [1.82, 2.24) is 5.32 Å². The number of hydrogen-bond acceptors (Lipinski definition) is 1. The lowest BCUT2D eigenvalue weighted by Gasteiger charge is -1.80. The van der Waals surface area contributed by atoms with Crippen molar-refractivity contribution in [3.8, 4) is 0 Å². The van der Waals surface area contributed by atoms with Crippen LogP contribution in [0.4, 0.5) is 0 Å². The number of amides is 1. The lowest BCUT2D eigenvalue weighted by atomic mass is 10.4. The molecule has 0 aromatic heterocycles. The lowest BCUT2D eigenvalue weighted by Crippen LogP contribution is -2.12. The average Bonchev–Trinajstić information content (AvgIpc) is 1.98. The number of carbonyl (C=O) groups is 1. The molecule has 0 spiro atoms. The van der Waals surface area contributed by atoms with E-state index in [1.54, 1.807) is 0 Å². The Kier molecular flexibility index (Phi) is 0.326. The average molecular weight is 88.1 g/mol. The SMILES string of the molecule is [2H]C1NC(=O)C([2H])C1[2H]. The van der Waals surface area contributed by atoms with E-state index in [9.17, 15) is 4.79 Å². The van der Waals surface area contributed by atoms with Gasteiger partial charge in [0.25, 0.3) is 0 Å². The van der Waals surface area contributed by atoms with Crippen LogP contribution in [0.5, 0.6) is 0 Å². The Hall–Kier alpha value is -0.530. The summed E-state index contributed by atoms with van der Waals surface area (Å²) in [4.78, 5) is 10.5. The van der Waals surface area contributed by atoms with Gasteiger partial charge in [-0.2, -0.15) is 0 Å². The maximum atomic E-state index is 10.5. The highest BCUT2D eigenvalue weighted by Crippen LogP contribution is 1.93. The van der Waals surface area contributed by atoms with E-state index in [1.165, 1.54) is 0 Å². The number of hydrogen-bond donors (Lipinski definition) is 1. The lowest BCUT2D eigenvalue weighted by molar-refractivity contribution is -0.119. The molecule has 1 fully saturated rings. The normalized spacial score (nSPS) is 65.0. The van der Waals surface area contributed by atoms with E-state index < -0.39 is 25.2 Å². The summed E-state index contributed by atoms with van der Waals surface area (Å²) in [6, 6.07) is 0. The molecule has 2 heteroatoms. The van der Waals surface area contributed by atoms with Gasteiger partial charge >= 0.3 is 0 Å². The molecule has 0 bridgehead atoms. The molecule has 6 heavy (non-hydrogen) atoms. The van der Waals surface area contributed by atoms with Gasteiger partial charge in [-0.15, -0.1) is 0 Å². The predicted molar refractivity (Wildman–Crippen MR) is 22.2 cm³/mol. The first-order valence-corrected chi connectivity index (χ1v) is 1.70. The first-order valence-electron chi connectivity index (χ1n) is 3.43. The topological polar surface area (TPSA) is 29.1 Å². The first-order chi connectivity index (χ1) is 4.13. The molecule has 2 nitrogen and oxygen atoms in total. The minimum Gasteiger partial charge on any atom is -0.356 e. The van der Waals surface area contributed by atoms with Crippen molar-refractivity contribution in [3.05, 3.63) is 0 Å². The van der Waals surface area contributed by atoms with Crippen molar-refractivity contribution < 1.29 is 8.91 Å². The first kappa shape index (κ1) is 1.52. The Morgan fingerprint density at radius 1 is 2.00 bits per heavy atom. The van der Waals surface area contributed by atoms with Gasteiger partial charge in [0.05, 0.1) is 0 Å². The predicted octanol–water partition coefficient (Wildman–Crippen LogP) is -0.104. The molecule has 1 heterocycles. The van der Waals surface area contributed by atoms with E-state index in [-0.39, 0.29) is 0 Å². The van der Waals surface area contributed by atoms with Crippen LogP contribution in [0.1, 0.15) is 16.9 Å². The molecule has 3 unspecified atom stereocenters. The summed E-state index contributed by atoms with van der Waals surface area (Å²) in [5.41, 5.74) is 0. The van der Waals surface area contributed by atoms with Gasteiger partial charge in [-0.3, -0.25) is 4.79 Å².